The standard InChI is InChI=1S/C6H12N2O6.C6H8N2O2/c7-5(13)3(11)1(9)2(10)4(12)6(8)14;7-5(9)3-1-2-4-6(8)10/h1-4,9-12H,(H2,7,13)(H2,8,14);1-4H,(H2,7,9)(H2,8,10)/b;3-1+,4-2+/t1-,2-,3-,4+;/m0./s1. The minimum Gasteiger partial charge on any atom is -0.387 e. The van der Waals surface area contributed by atoms with Gasteiger partial charge in [-0.1, -0.05) is 12.2 Å². The van der Waals surface area contributed by atoms with Crippen molar-refractivity contribution >= 4 is 23.6 Å². The number of amides is 4. The van der Waals surface area contributed by atoms with Gasteiger partial charge in [-0.05, 0) is 0 Å². The van der Waals surface area contributed by atoms with Gasteiger partial charge in [0.1, 0.15) is 12.2 Å². The van der Waals surface area contributed by atoms with Crippen LogP contribution in [0.5, 0.6) is 0 Å². The predicted octanol–water partition coefficient (Wildman–Crippen LogP) is -5.53. The molecule has 0 aromatic rings. The van der Waals surface area contributed by atoms with Gasteiger partial charge in [0.25, 0.3) is 0 Å². The molecule has 0 aromatic heterocycles. The maximum absolute atomic E-state index is 10.3. The second-order valence-corrected chi connectivity index (χ2v) is 4.20. The summed E-state index contributed by atoms with van der Waals surface area (Å²) in [5.41, 5.74) is 18.7. The molecule has 12 nitrogen and oxygen atoms in total. The summed E-state index contributed by atoms with van der Waals surface area (Å²) in [4.78, 5) is 40.7. The molecule has 4 atom stereocenters. The van der Waals surface area contributed by atoms with Crippen LogP contribution in [0.15, 0.2) is 24.3 Å². The molecule has 12 N–H and O–H groups in total. The molecule has 136 valence electrons. The van der Waals surface area contributed by atoms with E-state index in [1.54, 1.807) is 0 Å². The Labute approximate surface area is 136 Å². The summed E-state index contributed by atoms with van der Waals surface area (Å²) in [6, 6.07) is 0. The van der Waals surface area contributed by atoms with E-state index in [2.05, 4.69) is 11.5 Å². The van der Waals surface area contributed by atoms with E-state index in [0.29, 0.717) is 0 Å². The lowest BCUT2D eigenvalue weighted by Crippen LogP contribution is -2.52. The summed E-state index contributed by atoms with van der Waals surface area (Å²) in [5, 5.41) is 35.7. The summed E-state index contributed by atoms with van der Waals surface area (Å²) < 4.78 is 0. The van der Waals surface area contributed by atoms with E-state index in [0.717, 1.165) is 12.2 Å². The monoisotopic (exact) mass is 348 g/mol. The number of aliphatic hydroxyl groups is 4. The number of carbonyl (C=O) groups is 4. The summed E-state index contributed by atoms with van der Waals surface area (Å²) in [6.45, 7) is 0. The molecule has 24 heavy (non-hydrogen) atoms. The number of allylic oxidation sites excluding steroid dienone is 2. The highest BCUT2D eigenvalue weighted by Gasteiger charge is 2.35. The van der Waals surface area contributed by atoms with E-state index < -0.39 is 48.0 Å². The molecule has 0 heterocycles. The largest absolute Gasteiger partial charge is 0.387 e. The Bertz CT molecular complexity index is 473. The Morgan fingerprint density at radius 1 is 0.625 bits per heavy atom. The summed E-state index contributed by atoms with van der Waals surface area (Å²) in [7, 11) is 0. The molecule has 0 saturated carbocycles. The quantitative estimate of drug-likeness (QED) is 0.154. The van der Waals surface area contributed by atoms with Crippen LogP contribution >= 0.6 is 0 Å². The molecule has 0 aliphatic heterocycles. The number of hydrogen-bond donors (Lipinski definition) is 8. The average molecular weight is 348 g/mol. The third kappa shape index (κ3) is 10.9. The maximum Gasteiger partial charge on any atom is 0.249 e. The van der Waals surface area contributed by atoms with Crippen molar-refractivity contribution < 1.29 is 39.6 Å². The SMILES string of the molecule is NC(=O)/C=C/C=C/C(N)=O.NC(=O)[C@@H](O)[C@@H](O)[C@H](O)[C@@H](O)C(N)=O. The first kappa shape index (κ1) is 23.5. The molecule has 0 rings (SSSR count). The number of nitrogens with two attached hydrogens (primary N) is 4. The number of carbonyl (C=O) groups excluding carboxylic acids is 4. The van der Waals surface area contributed by atoms with E-state index >= 15 is 0 Å². The van der Waals surface area contributed by atoms with Crippen LogP contribution in [-0.4, -0.2) is 68.5 Å². The van der Waals surface area contributed by atoms with E-state index in [1.807, 2.05) is 0 Å². The van der Waals surface area contributed by atoms with Crippen molar-refractivity contribution in [2.45, 2.75) is 24.4 Å². The van der Waals surface area contributed by atoms with Crippen molar-refractivity contribution in [3.05, 3.63) is 24.3 Å². The van der Waals surface area contributed by atoms with E-state index in [-0.39, 0.29) is 0 Å². The zero-order valence-electron chi connectivity index (χ0n) is 12.4. The number of primary amides is 4. The first-order chi connectivity index (χ1) is 10.9. The highest BCUT2D eigenvalue weighted by molar-refractivity contribution is 5.88. The zero-order chi connectivity index (χ0) is 19.4. The summed E-state index contributed by atoms with van der Waals surface area (Å²) >= 11 is 0. The second-order valence-electron chi connectivity index (χ2n) is 4.20. The van der Waals surface area contributed by atoms with Crippen molar-refractivity contribution in [2.24, 2.45) is 22.9 Å². The molecule has 0 unspecified atom stereocenters. The lowest BCUT2D eigenvalue weighted by Gasteiger charge is -2.22. The molecular formula is C12H20N4O8. The number of hydrogen-bond acceptors (Lipinski definition) is 8. The van der Waals surface area contributed by atoms with Crippen LogP contribution in [0.4, 0.5) is 0 Å². The molecule has 0 fully saturated rings. The fourth-order valence-electron chi connectivity index (χ4n) is 1.01. The van der Waals surface area contributed by atoms with Gasteiger partial charge in [0, 0.05) is 12.2 Å². The lowest BCUT2D eigenvalue weighted by atomic mass is 10.0. The van der Waals surface area contributed by atoms with Crippen molar-refractivity contribution in [3.8, 4) is 0 Å². The average Bonchev–Trinajstić information content (AvgIpc) is 2.48. The Kier molecular flexibility index (Phi) is 11.5. The third-order valence-corrected chi connectivity index (χ3v) is 2.21. The molecule has 0 spiro atoms. The second kappa shape index (κ2) is 11.7. The minimum absolute atomic E-state index is 0.561. The molecule has 4 amide bonds. The van der Waals surface area contributed by atoms with Crippen LogP contribution < -0.4 is 22.9 Å². The van der Waals surface area contributed by atoms with E-state index in [9.17, 15) is 19.2 Å². The summed E-state index contributed by atoms with van der Waals surface area (Å²) in [6.07, 6.45) is -3.39. The smallest absolute Gasteiger partial charge is 0.249 e. The minimum atomic E-state index is -2.08. The van der Waals surface area contributed by atoms with Gasteiger partial charge in [-0.25, -0.2) is 0 Å². The van der Waals surface area contributed by atoms with Crippen LogP contribution in [0.2, 0.25) is 0 Å². The Morgan fingerprint density at radius 3 is 1.04 bits per heavy atom. The molecular weight excluding hydrogens is 328 g/mol. The van der Waals surface area contributed by atoms with Crippen LogP contribution in [0.25, 0.3) is 0 Å². The Balaban J connectivity index is 0. The van der Waals surface area contributed by atoms with Gasteiger partial charge in [0.15, 0.2) is 12.2 Å². The van der Waals surface area contributed by atoms with Gasteiger partial charge < -0.3 is 43.4 Å². The maximum atomic E-state index is 10.3. The number of aliphatic hydroxyl groups excluding tert-OH is 4. The Hall–Kier alpha value is -2.80. The topological polar surface area (TPSA) is 253 Å². The van der Waals surface area contributed by atoms with Crippen LogP contribution in [0.1, 0.15) is 0 Å². The predicted molar refractivity (Wildman–Crippen MR) is 79.1 cm³/mol. The van der Waals surface area contributed by atoms with Crippen molar-refractivity contribution in [3.63, 3.8) is 0 Å². The molecule has 0 aliphatic rings. The first-order valence-electron chi connectivity index (χ1n) is 6.16. The van der Waals surface area contributed by atoms with Gasteiger partial charge in [-0.15, -0.1) is 0 Å². The zero-order valence-corrected chi connectivity index (χ0v) is 12.4. The van der Waals surface area contributed by atoms with Crippen molar-refractivity contribution in [1.29, 1.82) is 0 Å². The van der Waals surface area contributed by atoms with E-state index in [4.69, 9.17) is 31.9 Å². The molecule has 12 heteroatoms. The Morgan fingerprint density at radius 2 is 0.875 bits per heavy atom. The fourth-order valence-corrected chi connectivity index (χ4v) is 1.01. The van der Waals surface area contributed by atoms with Gasteiger partial charge in [0.05, 0.1) is 0 Å². The molecule has 0 bridgehead atoms. The van der Waals surface area contributed by atoms with Gasteiger partial charge >= 0.3 is 0 Å². The number of rotatable bonds is 8. The highest BCUT2D eigenvalue weighted by Crippen LogP contribution is 2.04. The van der Waals surface area contributed by atoms with Crippen molar-refractivity contribution in [2.75, 3.05) is 0 Å². The lowest BCUT2D eigenvalue weighted by molar-refractivity contribution is -0.152. The third-order valence-electron chi connectivity index (χ3n) is 2.21. The summed E-state index contributed by atoms with van der Waals surface area (Å²) in [5.74, 6) is -3.72. The molecule has 0 aromatic carbocycles. The molecule has 0 radical (unpaired) electrons. The van der Waals surface area contributed by atoms with Crippen LogP contribution in [0, 0.1) is 0 Å². The van der Waals surface area contributed by atoms with E-state index in [1.165, 1.54) is 12.2 Å². The van der Waals surface area contributed by atoms with Crippen LogP contribution in [0.3, 0.4) is 0 Å². The normalized spacial score (nSPS) is 15.8. The van der Waals surface area contributed by atoms with Crippen molar-refractivity contribution in [1.82, 2.24) is 0 Å². The van der Waals surface area contributed by atoms with Crippen LogP contribution in [-0.2, 0) is 19.2 Å². The van der Waals surface area contributed by atoms with Gasteiger partial charge in [-0.2, -0.15) is 0 Å². The fraction of sp³-hybridized carbons (Fsp3) is 0.333. The first-order valence-corrected chi connectivity index (χ1v) is 6.16. The molecule has 0 aliphatic carbocycles. The van der Waals surface area contributed by atoms with Gasteiger partial charge in [0.2, 0.25) is 23.6 Å². The molecule has 0 saturated heterocycles. The highest BCUT2D eigenvalue weighted by atomic mass is 16.4. The van der Waals surface area contributed by atoms with Gasteiger partial charge in [-0.3, -0.25) is 19.2 Å².